The average molecular weight is 388 g/mol. The molecule has 1 aromatic heterocycles. The molecule has 3 rings (SSSR count). The van der Waals surface area contributed by atoms with Gasteiger partial charge < -0.3 is 16.3 Å². The SMILES string of the molecule is CC1=C(C(F)CO)C=CCC=C1.N/N=C\c1cncnc1NC1CCCCC1. The van der Waals surface area contributed by atoms with E-state index in [0.29, 0.717) is 11.6 Å². The summed E-state index contributed by atoms with van der Waals surface area (Å²) >= 11 is 0. The molecule has 4 N–H and O–H groups in total. The highest BCUT2D eigenvalue weighted by Crippen LogP contribution is 2.21. The summed E-state index contributed by atoms with van der Waals surface area (Å²) in [6.07, 6.45) is 18.3. The highest BCUT2D eigenvalue weighted by Gasteiger charge is 2.14. The molecule has 0 aromatic carbocycles. The Balaban J connectivity index is 0.000000209. The molecule has 1 fully saturated rings. The standard InChI is InChI=1S/C11H17N5.C10H13FO/c12-15-7-9-6-13-8-14-11(9)16-10-4-2-1-3-5-10;1-8-5-3-2-4-6-9(8)10(11)7-12/h6-8,10H,1-5,12H2,(H,13,14,16);3-6,10,12H,2,7H2,1H3/b15-7-;. The van der Waals surface area contributed by atoms with Crippen molar-refractivity contribution in [2.45, 2.75) is 57.7 Å². The van der Waals surface area contributed by atoms with Gasteiger partial charge in [0.05, 0.1) is 18.4 Å². The minimum absolute atomic E-state index is 0.440. The van der Waals surface area contributed by atoms with Crippen LogP contribution < -0.4 is 11.2 Å². The predicted molar refractivity (Wildman–Crippen MR) is 112 cm³/mol. The highest BCUT2D eigenvalue weighted by atomic mass is 19.1. The molecule has 0 bridgehead atoms. The molecule has 0 amide bonds. The fourth-order valence-corrected chi connectivity index (χ4v) is 3.27. The van der Waals surface area contributed by atoms with Crippen molar-refractivity contribution in [1.29, 1.82) is 0 Å². The average Bonchev–Trinajstić information content (AvgIpc) is 2.95. The van der Waals surface area contributed by atoms with Gasteiger partial charge in [0.1, 0.15) is 18.3 Å². The molecule has 0 spiro atoms. The van der Waals surface area contributed by atoms with E-state index in [1.165, 1.54) is 32.1 Å². The van der Waals surface area contributed by atoms with E-state index in [-0.39, 0.29) is 0 Å². The molecule has 1 saturated carbocycles. The maximum absolute atomic E-state index is 13.1. The van der Waals surface area contributed by atoms with E-state index in [1.807, 2.05) is 25.2 Å². The van der Waals surface area contributed by atoms with Crippen molar-refractivity contribution >= 4 is 12.0 Å². The number of aromatic nitrogens is 2. The number of alkyl halides is 1. The Bertz CT molecular complexity index is 723. The fourth-order valence-electron chi connectivity index (χ4n) is 3.27. The van der Waals surface area contributed by atoms with Gasteiger partial charge in [0, 0.05) is 12.2 Å². The van der Waals surface area contributed by atoms with Gasteiger partial charge in [-0.05, 0) is 37.3 Å². The maximum atomic E-state index is 13.1. The molecule has 2 aliphatic rings. The maximum Gasteiger partial charge on any atom is 0.148 e. The van der Waals surface area contributed by atoms with E-state index in [9.17, 15) is 4.39 Å². The molecular formula is C21H30FN5O. The number of rotatable bonds is 5. The Morgan fingerprint density at radius 3 is 2.79 bits per heavy atom. The van der Waals surface area contributed by atoms with Gasteiger partial charge in [-0.1, -0.05) is 43.6 Å². The molecule has 1 aromatic rings. The summed E-state index contributed by atoms with van der Waals surface area (Å²) in [7, 11) is 0. The summed E-state index contributed by atoms with van der Waals surface area (Å²) in [5.41, 5.74) is 2.33. The molecule has 0 radical (unpaired) electrons. The van der Waals surface area contributed by atoms with Crippen molar-refractivity contribution in [2.24, 2.45) is 10.9 Å². The van der Waals surface area contributed by atoms with Gasteiger partial charge in [-0.25, -0.2) is 14.4 Å². The van der Waals surface area contributed by atoms with Crippen LogP contribution in [0.4, 0.5) is 10.2 Å². The van der Waals surface area contributed by atoms with Crippen LogP contribution >= 0.6 is 0 Å². The Morgan fingerprint density at radius 1 is 1.32 bits per heavy atom. The minimum atomic E-state index is -1.25. The number of nitrogens with one attached hydrogen (secondary N) is 1. The van der Waals surface area contributed by atoms with Crippen LogP contribution in [0.15, 0.2) is 53.1 Å². The molecule has 0 aliphatic heterocycles. The predicted octanol–water partition coefficient (Wildman–Crippen LogP) is 3.66. The largest absolute Gasteiger partial charge is 0.393 e. The number of hydrogen-bond acceptors (Lipinski definition) is 6. The number of allylic oxidation sites excluding steroid dienone is 5. The lowest BCUT2D eigenvalue weighted by Crippen LogP contribution is -2.23. The van der Waals surface area contributed by atoms with Crippen LogP contribution in [-0.4, -0.2) is 40.1 Å². The van der Waals surface area contributed by atoms with Crippen LogP contribution in [-0.2, 0) is 0 Å². The number of nitrogens with two attached hydrogens (primary N) is 1. The number of nitrogens with zero attached hydrogens (tertiary/aromatic N) is 3. The summed E-state index contributed by atoms with van der Waals surface area (Å²) in [6.45, 7) is 1.41. The molecule has 1 atom stereocenters. The summed E-state index contributed by atoms with van der Waals surface area (Å²) in [6, 6.07) is 0.522. The van der Waals surface area contributed by atoms with Gasteiger partial charge in [-0.3, -0.25) is 0 Å². The zero-order valence-corrected chi connectivity index (χ0v) is 16.4. The molecule has 7 heteroatoms. The zero-order chi connectivity index (χ0) is 20.2. The number of halogens is 1. The summed E-state index contributed by atoms with van der Waals surface area (Å²) in [5.74, 6) is 5.98. The quantitative estimate of drug-likeness (QED) is 0.407. The van der Waals surface area contributed by atoms with E-state index in [2.05, 4.69) is 20.4 Å². The first kappa shape index (κ1) is 21.8. The van der Waals surface area contributed by atoms with Gasteiger partial charge >= 0.3 is 0 Å². The first-order valence-corrected chi connectivity index (χ1v) is 9.74. The van der Waals surface area contributed by atoms with Gasteiger partial charge in [0.15, 0.2) is 0 Å². The fraction of sp³-hybridized carbons (Fsp3) is 0.476. The number of hydrogen-bond donors (Lipinski definition) is 3. The molecule has 6 nitrogen and oxygen atoms in total. The van der Waals surface area contributed by atoms with Crippen LogP contribution in [0.25, 0.3) is 0 Å². The second-order valence-corrected chi connectivity index (χ2v) is 6.91. The molecule has 1 heterocycles. The van der Waals surface area contributed by atoms with Crippen LogP contribution in [0.3, 0.4) is 0 Å². The number of hydrazone groups is 1. The third-order valence-corrected chi connectivity index (χ3v) is 4.79. The Hall–Kier alpha value is -2.54. The van der Waals surface area contributed by atoms with Gasteiger partial charge in [0.2, 0.25) is 0 Å². The zero-order valence-electron chi connectivity index (χ0n) is 16.4. The molecule has 0 saturated heterocycles. The second-order valence-electron chi connectivity index (χ2n) is 6.91. The molecule has 2 aliphatic carbocycles. The van der Waals surface area contributed by atoms with E-state index in [0.717, 1.165) is 23.4 Å². The van der Waals surface area contributed by atoms with Crippen LogP contribution in [0, 0.1) is 0 Å². The minimum Gasteiger partial charge on any atom is -0.393 e. The van der Waals surface area contributed by atoms with Gasteiger partial charge in [-0.15, -0.1) is 0 Å². The number of anilines is 1. The molecule has 28 heavy (non-hydrogen) atoms. The topological polar surface area (TPSA) is 96.4 Å². The first-order valence-electron chi connectivity index (χ1n) is 9.74. The van der Waals surface area contributed by atoms with Gasteiger partial charge in [0.25, 0.3) is 0 Å². The van der Waals surface area contributed by atoms with Crippen molar-refractivity contribution in [2.75, 3.05) is 11.9 Å². The van der Waals surface area contributed by atoms with Crippen LogP contribution in [0.2, 0.25) is 0 Å². The van der Waals surface area contributed by atoms with Crippen molar-refractivity contribution in [3.05, 3.63) is 53.5 Å². The molecular weight excluding hydrogens is 357 g/mol. The second kappa shape index (κ2) is 12.0. The summed E-state index contributed by atoms with van der Waals surface area (Å²) in [5, 5.41) is 15.6. The first-order chi connectivity index (χ1) is 13.7. The normalized spacial score (nSPS) is 18.5. The molecule has 1 unspecified atom stereocenters. The smallest absolute Gasteiger partial charge is 0.148 e. The summed E-state index contributed by atoms with van der Waals surface area (Å²) < 4.78 is 13.1. The monoisotopic (exact) mass is 387 g/mol. The van der Waals surface area contributed by atoms with Crippen molar-refractivity contribution in [3.8, 4) is 0 Å². The molecule has 152 valence electrons. The van der Waals surface area contributed by atoms with E-state index in [1.54, 1.807) is 24.8 Å². The van der Waals surface area contributed by atoms with Crippen molar-refractivity contribution in [1.82, 2.24) is 9.97 Å². The third kappa shape index (κ3) is 6.88. The Labute approximate surface area is 166 Å². The van der Waals surface area contributed by atoms with E-state index >= 15 is 0 Å². The van der Waals surface area contributed by atoms with Crippen molar-refractivity contribution in [3.63, 3.8) is 0 Å². The highest BCUT2D eigenvalue weighted by molar-refractivity contribution is 5.85. The lowest BCUT2D eigenvalue weighted by atomic mass is 9.95. The van der Waals surface area contributed by atoms with E-state index < -0.39 is 12.8 Å². The van der Waals surface area contributed by atoms with Gasteiger partial charge in [-0.2, -0.15) is 5.10 Å². The Morgan fingerprint density at radius 2 is 2.07 bits per heavy atom. The third-order valence-electron chi connectivity index (χ3n) is 4.79. The lowest BCUT2D eigenvalue weighted by molar-refractivity contribution is 0.203. The number of aliphatic hydroxyl groups is 1. The Kier molecular flexibility index (Phi) is 9.34. The van der Waals surface area contributed by atoms with Crippen LogP contribution in [0.5, 0.6) is 0 Å². The lowest BCUT2D eigenvalue weighted by Gasteiger charge is -2.23. The van der Waals surface area contributed by atoms with E-state index in [4.69, 9.17) is 10.9 Å². The van der Waals surface area contributed by atoms with Crippen LogP contribution in [0.1, 0.15) is 51.0 Å². The van der Waals surface area contributed by atoms with Crippen molar-refractivity contribution < 1.29 is 9.50 Å². The summed E-state index contributed by atoms with van der Waals surface area (Å²) in [4.78, 5) is 8.18. The number of aliphatic hydroxyl groups excluding tert-OH is 1.